The molecule has 0 amide bonds. The largest absolute Gasteiger partial charge is 0.125 e. The fraction of sp³-hybridized carbons (Fsp3) is 0.231. The van der Waals surface area contributed by atoms with Crippen LogP contribution in [-0.4, -0.2) is 4.33 Å². The molecule has 0 radical (unpaired) electrons. The van der Waals surface area contributed by atoms with Gasteiger partial charge in [-0.1, -0.05) is 42.5 Å². The average molecular weight is 237 g/mol. The lowest BCUT2D eigenvalue weighted by molar-refractivity contribution is 1.11. The van der Waals surface area contributed by atoms with Crippen LogP contribution >= 0.6 is 23.2 Å². The van der Waals surface area contributed by atoms with Crippen molar-refractivity contribution in [2.45, 2.75) is 16.7 Å². The minimum atomic E-state index is -0.525. The van der Waals surface area contributed by atoms with Crippen molar-refractivity contribution in [2.24, 2.45) is 0 Å². The van der Waals surface area contributed by atoms with Gasteiger partial charge in [-0.05, 0) is 22.8 Å². The maximum Gasteiger partial charge on any atom is 0.125 e. The van der Waals surface area contributed by atoms with Crippen LogP contribution in [0.4, 0.5) is 0 Å². The summed E-state index contributed by atoms with van der Waals surface area (Å²) in [6.07, 6.45) is 0.869. The van der Waals surface area contributed by atoms with Gasteiger partial charge in [0.25, 0.3) is 0 Å². The smallest absolute Gasteiger partial charge is 0.101 e. The second kappa shape index (κ2) is 3.13. The van der Waals surface area contributed by atoms with E-state index in [1.165, 1.54) is 16.3 Å². The number of hydrogen-bond donors (Lipinski definition) is 0. The van der Waals surface area contributed by atoms with Crippen LogP contribution in [0.1, 0.15) is 17.9 Å². The van der Waals surface area contributed by atoms with Crippen molar-refractivity contribution in [2.75, 3.05) is 0 Å². The Hall–Kier alpha value is -0.720. The van der Waals surface area contributed by atoms with E-state index in [1.54, 1.807) is 0 Å². The second-order valence-corrected chi connectivity index (χ2v) is 5.67. The van der Waals surface area contributed by atoms with E-state index in [2.05, 4.69) is 30.3 Å². The molecule has 3 rings (SSSR count). The van der Waals surface area contributed by atoms with Gasteiger partial charge in [-0.3, -0.25) is 0 Å². The molecule has 1 aliphatic rings. The minimum Gasteiger partial charge on any atom is -0.101 e. The molecule has 15 heavy (non-hydrogen) atoms. The topological polar surface area (TPSA) is 0 Å². The average Bonchev–Trinajstić information content (AvgIpc) is 2.87. The van der Waals surface area contributed by atoms with Gasteiger partial charge in [-0.2, -0.15) is 0 Å². The second-order valence-electron chi connectivity index (χ2n) is 4.12. The van der Waals surface area contributed by atoms with Crippen LogP contribution in [0.5, 0.6) is 0 Å². The van der Waals surface area contributed by atoms with E-state index < -0.39 is 4.33 Å². The number of hydrogen-bond acceptors (Lipinski definition) is 0. The van der Waals surface area contributed by atoms with Gasteiger partial charge < -0.3 is 0 Å². The molecule has 0 aromatic heterocycles. The molecule has 2 heteroatoms. The highest BCUT2D eigenvalue weighted by atomic mass is 35.5. The Balaban J connectivity index is 2.08. The van der Waals surface area contributed by atoms with E-state index in [-0.39, 0.29) is 0 Å². The van der Waals surface area contributed by atoms with E-state index >= 15 is 0 Å². The van der Waals surface area contributed by atoms with Crippen molar-refractivity contribution in [3.05, 3.63) is 48.0 Å². The minimum absolute atomic E-state index is 0.311. The summed E-state index contributed by atoms with van der Waals surface area (Å²) in [6.45, 7) is 0. The Kier molecular flexibility index (Phi) is 1.99. The molecule has 1 saturated carbocycles. The number of rotatable bonds is 1. The first-order valence-corrected chi connectivity index (χ1v) is 5.79. The molecule has 0 N–H and O–H groups in total. The zero-order valence-corrected chi connectivity index (χ0v) is 9.59. The van der Waals surface area contributed by atoms with Gasteiger partial charge in [0.1, 0.15) is 4.33 Å². The van der Waals surface area contributed by atoms with Gasteiger partial charge in [0.2, 0.25) is 0 Å². The highest BCUT2D eigenvalue weighted by molar-refractivity contribution is 6.51. The summed E-state index contributed by atoms with van der Waals surface area (Å²) in [4.78, 5) is 0. The third kappa shape index (κ3) is 1.62. The van der Waals surface area contributed by atoms with E-state index in [1.807, 2.05) is 12.1 Å². The number of fused-ring (bicyclic) bond motifs is 1. The number of alkyl halides is 2. The molecule has 1 unspecified atom stereocenters. The summed E-state index contributed by atoms with van der Waals surface area (Å²) in [5, 5.41) is 2.52. The summed E-state index contributed by atoms with van der Waals surface area (Å²) < 4.78 is -0.525. The summed E-state index contributed by atoms with van der Waals surface area (Å²) in [6, 6.07) is 14.8. The SMILES string of the molecule is ClC1(Cl)CC1c1ccc2ccccc2c1. The maximum absolute atomic E-state index is 6.06. The Bertz CT molecular complexity index is 517. The summed E-state index contributed by atoms with van der Waals surface area (Å²) in [5.41, 5.74) is 1.25. The van der Waals surface area contributed by atoms with E-state index in [0.717, 1.165) is 6.42 Å². The van der Waals surface area contributed by atoms with E-state index in [9.17, 15) is 0 Å². The lowest BCUT2D eigenvalue weighted by Crippen LogP contribution is -1.89. The van der Waals surface area contributed by atoms with Crippen LogP contribution in [0.15, 0.2) is 42.5 Å². The predicted octanol–water partition coefficient (Wildman–Crippen LogP) is 4.50. The fourth-order valence-electron chi connectivity index (χ4n) is 2.00. The normalized spacial score (nSPS) is 22.9. The zero-order chi connectivity index (χ0) is 10.5. The molecule has 1 aliphatic carbocycles. The summed E-state index contributed by atoms with van der Waals surface area (Å²) in [7, 11) is 0. The maximum atomic E-state index is 6.06. The highest BCUT2D eigenvalue weighted by Gasteiger charge is 2.52. The Morgan fingerprint density at radius 3 is 2.33 bits per heavy atom. The third-order valence-corrected chi connectivity index (χ3v) is 3.84. The van der Waals surface area contributed by atoms with Crippen molar-refractivity contribution in [1.29, 1.82) is 0 Å². The summed E-state index contributed by atoms with van der Waals surface area (Å²) in [5.74, 6) is 0.311. The summed E-state index contributed by atoms with van der Waals surface area (Å²) >= 11 is 12.1. The van der Waals surface area contributed by atoms with Crippen molar-refractivity contribution in [3.63, 3.8) is 0 Å². The first-order chi connectivity index (χ1) is 7.17. The molecule has 1 atom stereocenters. The molecule has 2 aromatic rings. The monoisotopic (exact) mass is 236 g/mol. The van der Waals surface area contributed by atoms with Gasteiger partial charge in [0, 0.05) is 5.92 Å². The van der Waals surface area contributed by atoms with Crippen molar-refractivity contribution >= 4 is 34.0 Å². The Morgan fingerprint density at radius 1 is 1.00 bits per heavy atom. The number of halogens is 2. The van der Waals surface area contributed by atoms with Crippen LogP contribution in [-0.2, 0) is 0 Å². The van der Waals surface area contributed by atoms with Gasteiger partial charge in [0.05, 0.1) is 0 Å². The fourth-order valence-corrected chi connectivity index (χ4v) is 2.56. The lowest BCUT2D eigenvalue weighted by Gasteiger charge is -2.03. The molecule has 0 bridgehead atoms. The van der Waals surface area contributed by atoms with Crippen LogP contribution < -0.4 is 0 Å². The molecule has 0 spiro atoms. The molecule has 0 aliphatic heterocycles. The van der Waals surface area contributed by atoms with Crippen LogP contribution in [0.25, 0.3) is 10.8 Å². The first-order valence-electron chi connectivity index (χ1n) is 5.03. The standard InChI is InChI=1S/C13H10Cl2/c14-13(15)8-12(13)11-6-5-9-3-1-2-4-10(9)7-11/h1-7,12H,8H2. The Labute approximate surface area is 98.8 Å². The quantitative estimate of drug-likeness (QED) is 0.640. The van der Waals surface area contributed by atoms with Crippen LogP contribution in [0.2, 0.25) is 0 Å². The molecular formula is C13H10Cl2. The molecule has 1 fully saturated rings. The van der Waals surface area contributed by atoms with E-state index in [0.29, 0.717) is 5.92 Å². The molecule has 0 heterocycles. The first kappa shape index (κ1) is 9.50. The Morgan fingerprint density at radius 2 is 1.67 bits per heavy atom. The van der Waals surface area contributed by atoms with Crippen molar-refractivity contribution < 1.29 is 0 Å². The molecular weight excluding hydrogens is 227 g/mol. The van der Waals surface area contributed by atoms with Crippen molar-refractivity contribution in [3.8, 4) is 0 Å². The van der Waals surface area contributed by atoms with Gasteiger partial charge >= 0.3 is 0 Å². The highest BCUT2D eigenvalue weighted by Crippen LogP contribution is 2.59. The van der Waals surface area contributed by atoms with Crippen LogP contribution in [0.3, 0.4) is 0 Å². The molecule has 0 nitrogen and oxygen atoms in total. The lowest BCUT2D eigenvalue weighted by atomic mass is 10.0. The molecule has 0 saturated heterocycles. The van der Waals surface area contributed by atoms with Gasteiger partial charge in [-0.25, -0.2) is 0 Å². The predicted molar refractivity (Wildman–Crippen MR) is 65.7 cm³/mol. The van der Waals surface area contributed by atoms with E-state index in [4.69, 9.17) is 23.2 Å². The van der Waals surface area contributed by atoms with Crippen LogP contribution in [0, 0.1) is 0 Å². The molecule has 2 aromatic carbocycles. The van der Waals surface area contributed by atoms with Gasteiger partial charge in [-0.15, -0.1) is 23.2 Å². The van der Waals surface area contributed by atoms with Crippen molar-refractivity contribution in [1.82, 2.24) is 0 Å². The number of benzene rings is 2. The third-order valence-electron chi connectivity index (χ3n) is 3.00. The molecule has 76 valence electrons. The van der Waals surface area contributed by atoms with Gasteiger partial charge in [0.15, 0.2) is 0 Å². The zero-order valence-electron chi connectivity index (χ0n) is 8.08.